The number of esters is 1. The Balaban J connectivity index is 3.64. The van der Waals surface area contributed by atoms with E-state index in [1.54, 1.807) is 0 Å². The van der Waals surface area contributed by atoms with E-state index in [-0.39, 0.29) is 32.0 Å². The quantitative estimate of drug-likeness (QED) is 0.268. The van der Waals surface area contributed by atoms with E-state index >= 15 is 0 Å². The van der Waals surface area contributed by atoms with Crippen molar-refractivity contribution in [2.45, 2.75) is 20.3 Å². The molecule has 0 fully saturated rings. The third kappa shape index (κ3) is 10.9. The zero-order valence-electron chi connectivity index (χ0n) is 11.3. The van der Waals surface area contributed by atoms with Crippen LogP contribution in [0.25, 0.3) is 0 Å². The number of rotatable bonds is 11. The van der Waals surface area contributed by atoms with Crippen molar-refractivity contribution in [1.29, 1.82) is 0 Å². The maximum Gasteiger partial charge on any atom is 0.472 e. The Kier molecular flexibility index (Phi) is 9.73. The molecule has 1 N–H and O–H groups in total. The molecular weight excluding hydrogens is 275 g/mol. The van der Waals surface area contributed by atoms with E-state index in [4.69, 9.17) is 4.74 Å². The van der Waals surface area contributed by atoms with Crippen molar-refractivity contribution in [2.75, 3.05) is 33.0 Å². The Morgan fingerprint density at radius 1 is 1.16 bits per heavy atom. The van der Waals surface area contributed by atoms with E-state index in [2.05, 4.69) is 20.4 Å². The summed E-state index contributed by atoms with van der Waals surface area (Å²) in [7, 11) is -4.12. The summed E-state index contributed by atoms with van der Waals surface area (Å²) >= 11 is 0. The predicted molar refractivity (Wildman–Crippen MR) is 68.6 cm³/mol. The lowest BCUT2D eigenvalue weighted by atomic mass is 10.4. The minimum absolute atomic E-state index is 0.0423. The van der Waals surface area contributed by atoms with Gasteiger partial charge in [0, 0.05) is 12.2 Å². The maximum absolute atomic E-state index is 11.3. The van der Waals surface area contributed by atoms with Crippen molar-refractivity contribution >= 4 is 13.8 Å². The van der Waals surface area contributed by atoms with Crippen LogP contribution in [0.15, 0.2) is 12.2 Å². The van der Waals surface area contributed by atoms with Crippen LogP contribution in [-0.4, -0.2) is 43.9 Å². The molecule has 0 amide bonds. The molecule has 0 saturated carbocycles. The molecule has 0 aliphatic carbocycles. The van der Waals surface area contributed by atoms with Crippen LogP contribution >= 0.6 is 7.82 Å². The predicted octanol–water partition coefficient (Wildman–Crippen LogP) is 1.67. The molecule has 0 saturated heterocycles. The van der Waals surface area contributed by atoms with Crippen molar-refractivity contribution in [1.82, 2.24) is 0 Å². The van der Waals surface area contributed by atoms with Gasteiger partial charge in [0.15, 0.2) is 0 Å². The average Bonchev–Trinajstić information content (AvgIpc) is 2.34. The zero-order valence-corrected chi connectivity index (χ0v) is 12.2. The molecule has 8 heteroatoms. The zero-order chi connectivity index (χ0) is 14.7. The highest BCUT2D eigenvalue weighted by Gasteiger charge is 2.20. The third-order valence-corrected chi connectivity index (χ3v) is 2.77. The van der Waals surface area contributed by atoms with Gasteiger partial charge < -0.3 is 14.4 Å². The monoisotopic (exact) mass is 296 g/mol. The molecule has 0 heterocycles. The fourth-order valence-corrected chi connectivity index (χ4v) is 1.59. The molecule has 0 rings (SSSR count). The highest BCUT2D eigenvalue weighted by atomic mass is 31.2. The van der Waals surface area contributed by atoms with Crippen molar-refractivity contribution in [2.24, 2.45) is 0 Å². The Bertz CT molecular complexity index is 329. The van der Waals surface area contributed by atoms with E-state index in [9.17, 15) is 14.3 Å². The first-order valence-corrected chi connectivity index (χ1v) is 7.41. The van der Waals surface area contributed by atoms with E-state index < -0.39 is 13.8 Å². The number of phosphoric ester groups is 1. The Hall–Kier alpha value is -0.720. The molecular formula is C11H21O7P. The number of carbonyl (C=O) groups is 1. The fraction of sp³-hybridized carbons (Fsp3) is 0.727. The van der Waals surface area contributed by atoms with Crippen LogP contribution in [0.5, 0.6) is 0 Å². The number of phosphoric acid groups is 1. The van der Waals surface area contributed by atoms with Gasteiger partial charge in [-0.05, 0) is 13.3 Å². The number of hydrogen-bond acceptors (Lipinski definition) is 6. The molecule has 19 heavy (non-hydrogen) atoms. The van der Waals surface area contributed by atoms with Crippen LogP contribution in [0.1, 0.15) is 20.3 Å². The first-order valence-electron chi connectivity index (χ1n) is 5.91. The molecule has 0 aliphatic heterocycles. The molecule has 0 aliphatic rings. The van der Waals surface area contributed by atoms with Gasteiger partial charge in [-0.25, -0.2) is 9.36 Å². The lowest BCUT2D eigenvalue weighted by Gasteiger charge is -2.12. The van der Waals surface area contributed by atoms with Gasteiger partial charge in [0.25, 0.3) is 0 Å². The van der Waals surface area contributed by atoms with Crippen molar-refractivity contribution in [3.05, 3.63) is 12.2 Å². The first kappa shape index (κ1) is 18.3. The molecule has 112 valence electrons. The lowest BCUT2D eigenvalue weighted by Crippen LogP contribution is -2.11. The second-order valence-electron chi connectivity index (χ2n) is 3.66. The topological polar surface area (TPSA) is 91.3 Å². The van der Waals surface area contributed by atoms with E-state index in [0.29, 0.717) is 6.61 Å². The van der Waals surface area contributed by atoms with Crippen LogP contribution < -0.4 is 0 Å². The summed E-state index contributed by atoms with van der Waals surface area (Å²) < 4.78 is 30.3. The fourth-order valence-electron chi connectivity index (χ4n) is 0.905. The Labute approximate surface area is 113 Å². The molecule has 0 aromatic carbocycles. The molecule has 7 nitrogen and oxygen atoms in total. The van der Waals surface area contributed by atoms with E-state index in [0.717, 1.165) is 6.42 Å². The molecule has 0 bridgehead atoms. The summed E-state index contributed by atoms with van der Waals surface area (Å²) in [4.78, 5) is 20.2. The molecule has 0 aromatic rings. The van der Waals surface area contributed by atoms with Crippen molar-refractivity contribution < 1.29 is 32.8 Å². The molecule has 0 radical (unpaired) electrons. The van der Waals surface area contributed by atoms with Gasteiger partial charge in [0.2, 0.25) is 0 Å². The number of carbonyl (C=O) groups excluding carboxylic acids is 1. The maximum atomic E-state index is 11.3. The van der Waals surface area contributed by atoms with Crippen LogP contribution in [0.3, 0.4) is 0 Å². The smallest absolute Gasteiger partial charge is 0.460 e. The van der Waals surface area contributed by atoms with Crippen LogP contribution in [-0.2, 0) is 27.9 Å². The Morgan fingerprint density at radius 2 is 1.74 bits per heavy atom. The highest BCUT2D eigenvalue weighted by molar-refractivity contribution is 7.47. The summed E-state index contributed by atoms with van der Waals surface area (Å²) in [5.41, 5.74) is 0.247. The molecule has 1 atom stereocenters. The Morgan fingerprint density at radius 3 is 2.26 bits per heavy atom. The summed E-state index contributed by atoms with van der Waals surface area (Å²) in [5.74, 6) is -0.578. The first-order chi connectivity index (χ1) is 8.89. The molecule has 0 aromatic heterocycles. The van der Waals surface area contributed by atoms with Gasteiger partial charge in [-0.1, -0.05) is 13.5 Å². The lowest BCUT2D eigenvalue weighted by molar-refractivity contribution is -0.139. The average molecular weight is 296 g/mol. The minimum Gasteiger partial charge on any atom is -0.460 e. The van der Waals surface area contributed by atoms with Crippen LogP contribution in [0.2, 0.25) is 0 Å². The minimum atomic E-state index is -4.12. The van der Waals surface area contributed by atoms with Gasteiger partial charge >= 0.3 is 13.8 Å². The summed E-state index contributed by atoms with van der Waals surface area (Å²) in [5, 5.41) is 0. The van der Waals surface area contributed by atoms with Gasteiger partial charge in [-0.2, -0.15) is 0 Å². The van der Waals surface area contributed by atoms with Gasteiger partial charge in [0.05, 0.1) is 19.8 Å². The standard InChI is InChI=1S/C11H21O7P/c1-4-5-15-6-8-17-19(13,14)18-9-7-16-11(12)10(2)3/h2,4-9H2,1,3H3,(H,13,14). The highest BCUT2D eigenvalue weighted by Crippen LogP contribution is 2.42. The van der Waals surface area contributed by atoms with Crippen LogP contribution in [0.4, 0.5) is 0 Å². The normalized spacial score (nSPS) is 13.8. The second kappa shape index (κ2) is 10.1. The van der Waals surface area contributed by atoms with E-state index in [1.807, 2.05) is 6.92 Å². The largest absolute Gasteiger partial charge is 0.472 e. The molecule has 0 spiro atoms. The summed E-state index contributed by atoms with van der Waals surface area (Å²) in [6, 6.07) is 0. The van der Waals surface area contributed by atoms with Gasteiger partial charge in [0.1, 0.15) is 6.61 Å². The van der Waals surface area contributed by atoms with Crippen molar-refractivity contribution in [3.63, 3.8) is 0 Å². The van der Waals surface area contributed by atoms with Gasteiger partial charge in [-0.15, -0.1) is 0 Å². The van der Waals surface area contributed by atoms with E-state index in [1.165, 1.54) is 6.92 Å². The summed E-state index contributed by atoms with van der Waals surface area (Å²) in [6.45, 7) is 7.20. The second-order valence-corrected chi connectivity index (χ2v) is 5.12. The number of ether oxygens (including phenoxy) is 2. The number of hydrogen-bond donors (Lipinski definition) is 1. The summed E-state index contributed by atoms with van der Waals surface area (Å²) in [6.07, 6.45) is 0.862. The van der Waals surface area contributed by atoms with Crippen LogP contribution in [0, 0.1) is 0 Å². The molecule has 1 unspecified atom stereocenters. The SMILES string of the molecule is C=C(C)C(=O)OCCOP(=O)(O)OCCOCCC. The van der Waals surface area contributed by atoms with Gasteiger partial charge in [-0.3, -0.25) is 9.05 Å². The van der Waals surface area contributed by atoms with Crippen molar-refractivity contribution in [3.8, 4) is 0 Å². The third-order valence-electron chi connectivity index (χ3n) is 1.75.